The second kappa shape index (κ2) is 8.88. The molecule has 0 spiro atoms. The van der Waals surface area contributed by atoms with E-state index >= 15 is 0 Å². The molecule has 1 aromatic carbocycles. The van der Waals surface area contributed by atoms with Crippen molar-refractivity contribution in [1.29, 1.82) is 0 Å². The maximum Gasteiger partial charge on any atom is 0.404 e. The molecule has 1 aromatic rings. The largest absolute Gasteiger partial charge is 0.445 e. The van der Waals surface area contributed by atoms with Crippen LogP contribution < -0.4 is 22.1 Å². The molecule has 0 aliphatic rings. The van der Waals surface area contributed by atoms with Gasteiger partial charge in [0.25, 0.3) is 0 Å². The monoisotopic (exact) mass is 336 g/mol. The van der Waals surface area contributed by atoms with Gasteiger partial charge in [0.2, 0.25) is 11.8 Å². The van der Waals surface area contributed by atoms with Crippen LogP contribution in [0.15, 0.2) is 24.3 Å². The van der Waals surface area contributed by atoms with Crippen LogP contribution in [-0.4, -0.2) is 30.0 Å². The number of nitrogens with two attached hydrogens (primary N) is 2. The minimum atomic E-state index is -0.850. The molecule has 8 heteroatoms. The molecule has 0 bridgehead atoms. The fourth-order valence-electron chi connectivity index (χ4n) is 1.77. The van der Waals surface area contributed by atoms with Gasteiger partial charge in [0, 0.05) is 5.69 Å². The number of primary amides is 1. The summed E-state index contributed by atoms with van der Waals surface area (Å²) in [4.78, 5) is 34.5. The highest BCUT2D eigenvalue weighted by Gasteiger charge is 2.22. The summed E-state index contributed by atoms with van der Waals surface area (Å²) in [6.45, 7) is 5.30. The number of amides is 3. The molecule has 3 amide bonds. The van der Waals surface area contributed by atoms with Crippen LogP contribution in [0.3, 0.4) is 0 Å². The fourth-order valence-corrected chi connectivity index (χ4v) is 1.77. The van der Waals surface area contributed by atoms with Crippen molar-refractivity contribution in [3.63, 3.8) is 0 Å². The third kappa shape index (κ3) is 6.25. The molecule has 0 unspecified atom stereocenters. The van der Waals surface area contributed by atoms with E-state index in [2.05, 4.69) is 15.4 Å². The molecular weight excluding hydrogens is 312 g/mol. The number of hydrogen-bond acceptors (Lipinski definition) is 5. The third-order valence-electron chi connectivity index (χ3n) is 3.38. The van der Waals surface area contributed by atoms with Crippen LogP contribution in [0.4, 0.5) is 10.5 Å². The number of benzene rings is 1. The van der Waals surface area contributed by atoms with Gasteiger partial charge in [0.15, 0.2) is 0 Å². The normalized spacial score (nSPS) is 13.0. The molecule has 0 heterocycles. The smallest absolute Gasteiger partial charge is 0.404 e. The van der Waals surface area contributed by atoms with Crippen molar-refractivity contribution in [3.05, 3.63) is 29.8 Å². The van der Waals surface area contributed by atoms with Gasteiger partial charge in [0.05, 0.1) is 6.04 Å². The summed E-state index contributed by atoms with van der Waals surface area (Å²) in [5.74, 6) is -0.748. The zero-order valence-corrected chi connectivity index (χ0v) is 14.0. The van der Waals surface area contributed by atoms with Crippen molar-refractivity contribution in [3.8, 4) is 0 Å². The highest BCUT2D eigenvalue weighted by atomic mass is 16.5. The van der Waals surface area contributed by atoms with Gasteiger partial charge in [-0.25, -0.2) is 4.79 Å². The summed E-state index contributed by atoms with van der Waals surface area (Å²) < 4.78 is 4.66. The average Bonchev–Trinajstić information content (AvgIpc) is 2.52. The first-order chi connectivity index (χ1) is 11.2. The lowest BCUT2D eigenvalue weighted by atomic mass is 10.0. The van der Waals surface area contributed by atoms with Crippen LogP contribution in [0.1, 0.15) is 26.3 Å². The van der Waals surface area contributed by atoms with Crippen LogP contribution in [0, 0.1) is 5.92 Å². The first-order valence-electron chi connectivity index (χ1n) is 7.58. The SMILES string of the molecule is CC(C)[C@H](N)C(=O)N[C@@H](C)C(=O)Nc1ccc(COC(N)=O)cc1. The van der Waals surface area contributed by atoms with Crippen molar-refractivity contribution in [1.82, 2.24) is 5.32 Å². The molecule has 0 saturated carbocycles. The Hall–Kier alpha value is -2.61. The Morgan fingerprint density at radius 1 is 1.08 bits per heavy atom. The van der Waals surface area contributed by atoms with Gasteiger partial charge in [-0.3, -0.25) is 9.59 Å². The van der Waals surface area contributed by atoms with E-state index < -0.39 is 18.2 Å². The van der Waals surface area contributed by atoms with Crippen LogP contribution in [0.25, 0.3) is 0 Å². The minimum Gasteiger partial charge on any atom is -0.445 e. The molecule has 0 fully saturated rings. The molecule has 0 radical (unpaired) electrons. The van der Waals surface area contributed by atoms with Gasteiger partial charge in [0.1, 0.15) is 12.6 Å². The summed E-state index contributed by atoms with van der Waals surface area (Å²) in [5.41, 5.74) is 11.9. The average molecular weight is 336 g/mol. The third-order valence-corrected chi connectivity index (χ3v) is 3.38. The molecule has 2 atom stereocenters. The highest BCUT2D eigenvalue weighted by molar-refractivity contribution is 5.97. The van der Waals surface area contributed by atoms with Crippen LogP contribution in [0.5, 0.6) is 0 Å². The van der Waals surface area contributed by atoms with Crippen LogP contribution in [0.2, 0.25) is 0 Å². The number of rotatable bonds is 7. The molecule has 0 aromatic heterocycles. The Bertz CT molecular complexity index is 586. The molecule has 0 aliphatic carbocycles. The molecule has 1 rings (SSSR count). The first-order valence-corrected chi connectivity index (χ1v) is 7.58. The highest BCUT2D eigenvalue weighted by Crippen LogP contribution is 2.11. The topological polar surface area (TPSA) is 137 Å². The predicted molar refractivity (Wildman–Crippen MR) is 89.9 cm³/mol. The number of ether oxygens (including phenoxy) is 1. The van der Waals surface area contributed by atoms with Crippen LogP contribution in [-0.2, 0) is 20.9 Å². The van der Waals surface area contributed by atoms with Crippen molar-refractivity contribution in [2.45, 2.75) is 39.5 Å². The Kier molecular flexibility index (Phi) is 7.19. The first kappa shape index (κ1) is 19.4. The number of carbonyl (C=O) groups excluding carboxylic acids is 3. The molecule has 8 nitrogen and oxygen atoms in total. The Balaban J connectivity index is 2.54. The van der Waals surface area contributed by atoms with E-state index in [1.54, 1.807) is 31.2 Å². The van der Waals surface area contributed by atoms with E-state index in [0.717, 1.165) is 5.56 Å². The maximum absolute atomic E-state index is 12.1. The summed E-state index contributed by atoms with van der Waals surface area (Å²) in [7, 11) is 0. The second-order valence-electron chi connectivity index (χ2n) is 5.79. The lowest BCUT2D eigenvalue weighted by Gasteiger charge is -2.19. The molecule has 0 aliphatic heterocycles. The van der Waals surface area contributed by atoms with Gasteiger partial charge >= 0.3 is 6.09 Å². The summed E-state index contributed by atoms with van der Waals surface area (Å²) in [6, 6.07) is 5.32. The molecule has 132 valence electrons. The van der Waals surface area contributed by atoms with Crippen molar-refractivity contribution in [2.24, 2.45) is 17.4 Å². The predicted octanol–water partition coefficient (Wildman–Crippen LogP) is 0.708. The fraction of sp³-hybridized carbons (Fsp3) is 0.438. The van der Waals surface area contributed by atoms with Gasteiger partial charge in [-0.2, -0.15) is 0 Å². The van der Waals surface area contributed by atoms with Crippen LogP contribution >= 0.6 is 0 Å². The standard InChI is InChI=1S/C16H24N4O4/c1-9(2)13(17)15(22)19-10(3)14(21)20-12-6-4-11(5-7-12)8-24-16(18)23/h4-7,9-10,13H,8,17H2,1-3H3,(H2,18,23)(H,19,22)(H,20,21)/t10-,13-/m0/s1. The van der Waals surface area contributed by atoms with E-state index in [1.807, 2.05) is 13.8 Å². The van der Waals surface area contributed by atoms with Gasteiger partial charge < -0.3 is 26.8 Å². The number of anilines is 1. The minimum absolute atomic E-state index is 0.0181. The van der Waals surface area contributed by atoms with Gasteiger partial charge in [-0.05, 0) is 30.5 Å². The van der Waals surface area contributed by atoms with E-state index in [1.165, 1.54) is 0 Å². The Morgan fingerprint density at radius 3 is 2.17 bits per heavy atom. The zero-order valence-electron chi connectivity index (χ0n) is 14.0. The van der Waals surface area contributed by atoms with Gasteiger partial charge in [-0.1, -0.05) is 26.0 Å². The Morgan fingerprint density at radius 2 is 1.67 bits per heavy atom. The quantitative estimate of drug-likeness (QED) is 0.581. The number of nitrogens with one attached hydrogen (secondary N) is 2. The van der Waals surface area contributed by atoms with Crippen molar-refractivity contribution < 1.29 is 19.1 Å². The Labute approximate surface area is 140 Å². The van der Waals surface area contributed by atoms with E-state index in [-0.39, 0.29) is 24.3 Å². The summed E-state index contributed by atoms with van der Waals surface area (Å²) in [6.07, 6.45) is -0.850. The van der Waals surface area contributed by atoms with Crippen molar-refractivity contribution in [2.75, 3.05) is 5.32 Å². The molecule has 24 heavy (non-hydrogen) atoms. The molecular formula is C16H24N4O4. The van der Waals surface area contributed by atoms with E-state index in [9.17, 15) is 14.4 Å². The zero-order chi connectivity index (χ0) is 18.3. The lowest BCUT2D eigenvalue weighted by molar-refractivity contribution is -0.127. The number of hydrogen-bond donors (Lipinski definition) is 4. The van der Waals surface area contributed by atoms with Gasteiger partial charge in [-0.15, -0.1) is 0 Å². The molecule has 6 N–H and O–H groups in total. The van der Waals surface area contributed by atoms with Crippen molar-refractivity contribution >= 4 is 23.6 Å². The summed E-state index contributed by atoms with van der Waals surface area (Å²) in [5, 5.41) is 5.26. The molecule has 0 saturated heterocycles. The summed E-state index contributed by atoms with van der Waals surface area (Å²) >= 11 is 0. The second-order valence-corrected chi connectivity index (χ2v) is 5.79. The number of carbonyl (C=O) groups is 3. The van der Waals surface area contributed by atoms with E-state index in [4.69, 9.17) is 11.5 Å². The maximum atomic E-state index is 12.1. The van der Waals surface area contributed by atoms with E-state index in [0.29, 0.717) is 5.69 Å². The lowest BCUT2D eigenvalue weighted by Crippen LogP contribution is -2.50.